The standard InChI is InChI=1S/C14H14N2O3/c1-9(2)16-14(17)11(7-15)5-10-3-4-12-13(6-10)19-8-18-12/h3-6,9H,8H2,1-2H3,(H,16,17)/b11-5-. The van der Waals surface area contributed by atoms with E-state index in [4.69, 9.17) is 14.7 Å². The Bertz CT molecular complexity index is 571. The van der Waals surface area contributed by atoms with E-state index in [9.17, 15) is 4.79 Å². The van der Waals surface area contributed by atoms with Crippen LogP contribution in [-0.4, -0.2) is 18.7 Å². The van der Waals surface area contributed by atoms with Crippen molar-refractivity contribution in [1.29, 1.82) is 5.26 Å². The van der Waals surface area contributed by atoms with Crippen LogP contribution in [0.2, 0.25) is 0 Å². The van der Waals surface area contributed by atoms with Gasteiger partial charge in [-0.3, -0.25) is 4.79 Å². The third-order valence-corrected chi connectivity index (χ3v) is 2.49. The molecular formula is C14H14N2O3. The summed E-state index contributed by atoms with van der Waals surface area (Å²) in [7, 11) is 0. The third-order valence-electron chi connectivity index (χ3n) is 2.49. The predicted molar refractivity (Wildman–Crippen MR) is 69.4 cm³/mol. The van der Waals surface area contributed by atoms with Crippen molar-refractivity contribution < 1.29 is 14.3 Å². The summed E-state index contributed by atoms with van der Waals surface area (Å²) in [6.07, 6.45) is 1.53. The van der Waals surface area contributed by atoms with Crippen LogP contribution >= 0.6 is 0 Å². The molecule has 0 spiro atoms. The molecule has 1 aliphatic heterocycles. The molecule has 1 heterocycles. The second-order valence-corrected chi connectivity index (χ2v) is 4.41. The maximum absolute atomic E-state index is 11.8. The molecule has 5 nitrogen and oxygen atoms in total. The highest BCUT2D eigenvalue weighted by atomic mass is 16.7. The lowest BCUT2D eigenvalue weighted by molar-refractivity contribution is -0.117. The van der Waals surface area contributed by atoms with Crippen LogP contribution in [0, 0.1) is 11.3 Å². The summed E-state index contributed by atoms with van der Waals surface area (Å²) >= 11 is 0. The highest BCUT2D eigenvalue weighted by Gasteiger charge is 2.14. The summed E-state index contributed by atoms with van der Waals surface area (Å²) in [4.78, 5) is 11.8. The van der Waals surface area contributed by atoms with Gasteiger partial charge in [0.15, 0.2) is 11.5 Å². The molecule has 5 heteroatoms. The number of fused-ring (bicyclic) bond motifs is 1. The van der Waals surface area contributed by atoms with E-state index < -0.39 is 0 Å². The Hall–Kier alpha value is -2.48. The molecule has 0 fully saturated rings. The van der Waals surface area contributed by atoms with Gasteiger partial charge in [-0.2, -0.15) is 5.26 Å². The molecule has 0 unspecified atom stereocenters. The van der Waals surface area contributed by atoms with Gasteiger partial charge < -0.3 is 14.8 Å². The number of hydrogen-bond acceptors (Lipinski definition) is 4. The predicted octanol–water partition coefficient (Wildman–Crippen LogP) is 1.85. The summed E-state index contributed by atoms with van der Waals surface area (Å²) in [5, 5.41) is 11.7. The molecule has 1 amide bonds. The van der Waals surface area contributed by atoms with Gasteiger partial charge in [-0.1, -0.05) is 6.07 Å². The smallest absolute Gasteiger partial charge is 0.262 e. The fraction of sp³-hybridized carbons (Fsp3) is 0.286. The quantitative estimate of drug-likeness (QED) is 0.663. The first-order valence-electron chi connectivity index (χ1n) is 5.92. The van der Waals surface area contributed by atoms with Crippen LogP contribution in [0.25, 0.3) is 6.08 Å². The first-order valence-corrected chi connectivity index (χ1v) is 5.92. The van der Waals surface area contributed by atoms with Gasteiger partial charge in [0.2, 0.25) is 6.79 Å². The number of rotatable bonds is 3. The number of nitrogens with zero attached hydrogens (tertiary/aromatic N) is 1. The number of nitriles is 1. The Morgan fingerprint density at radius 1 is 1.42 bits per heavy atom. The molecular weight excluding hydrogens is 244 g/mol. The lowest BCUT2D eigenvalue weighted by Crippen LogP contribution is -2.30. The molecule has 98 valence electrons. The van der Waals surface area contributed by atoms with Crippen molar-refractivity contribution in [2.75, 3.05) is 6.79 Å². The number of ether oxygens (including phenoxy) is 2. The van der Waals surface area contributed by atoms with Crippen LogP contribution in [0.3, 0.4) is 0 Å². The Morgan fingerprint density at radius 2 is 2.16 bits per heavy atom. The monoisotopic (exact) mass is 258 g/mol. The summed E-state index contributed by atoms with van der Waals surface area (Å²) in [5.41, 5.74) is 0.785. The Labute approximate surface area is 111 Å². The van der Waals surface area contributed by atoms with Crippen LogP contribution in [-0.2, 0) is 4.79 Å². The molecule has 0 saturated carbocycles. The van der Waals surface area contributed by atoms with Crippen molar-refractivity contribution >= 4 is 12.0 Å². The minimum Gasteiger partial charge on any atom is -0.454 e. The maximum atomic E-state index is 11.8. The SMILES string of the molecule is CC(C)NC(=O)/C(C#N)=C\c1ccc2c(c1)OCO2. The number of amides is 1. The van der Waals surface area contributed by atoms with Gasteiger partial charge in [0.25, 0.3) is 5.91 Å². The molecule has 2 rings (SSSR count). The van der Waals surface area contributed by atoms with Crippen LogP contribution in [0.5, 0.6) is 11.5 Å². The average Bonchev–Trinajstić information content (AvgIpc) is 2.82. The molecule has 1 aromatic carbocycles. The largest absolute Gasteiger partial charge is 0.454 e. The van der Waals surface area contributed by atoms with E-state index in [1.165, 1.54) is 6.08 Å². The van der Waals surface area contributed by atoms with Crippen molar-refractivity contribution in [3.05, 3.63) is 29.3 Å². The van der Waals surface area contributed by atoms with Gasteiger partial charge >= 0.3 is 0 Å². The molecule has 0 atom stereocenters. The maximum Gasteiger partial charge on any atom is 0.262 e. The number of carbonyl (C=O) groups excluding carboxylic acids is 1. The van der Waals surface area contributed by atoms with E-state index in [0.717, 1.165) is 5.56 Å². The molecule has 0 radical (unpaired) electrons. The topological polar surface area (TPSA) is 71.4 Å². The minimum absolute atomic E-state index is 0.0130. The van der Waals surface area contributed by atoms with Crippen LogP contribution in [0.15, 0.2) is 23.8 Å². The van der Waals surface area contributed by atoms with Gasteiger partial charge in [-0.25, -0.2) is 0 Å². The number of carbonyl (C=O) groups is 1. The number of nitrogens with one attached hydrogen (secondary N) is 1. The summed E-state index contributed by atoms with van der Waals surface area (Å²) in [6.45, 7) is 3.88. The van der Waals surface area contributed by atoms with Crippen LogP contribution in [0.1, 0.15) is 19.4 Å². The summed E-state index contributed by atoms with van der Waals surface area (Å²) in [5.74, 6) is 0.910. The normalized spacial score (nSPS) is 13.3. The zero-order valence-corrected chi connectivity index (χ0v) is 10.8. The molecule has 0 bridgehead atoms. The lowest BCUT2D eigenvalue weighted by atomic mass is 10.1. The van der Waals surface area contributed by atoms with Crippen molar-refractivity contribution in [3.63, 3.8) is 0 Å². The van der Waals surface area contributed by atoms with Crippen molar-refractivity contribution in [2.24, 2.45) is 0 Å². The average molecular weight is 258 g/mol. The highest BCUT2D eigenvalue weighted by molar-refractivity contribution is 6.01. The van der Waals surface area contributed by atoms with Crippen LogP contribution in [0.4, 0.5) is 0 Å². The first-order chi connectivity index (χ1) is 9.10. The second kappa shape index (κ2) is 5.44. The Morgan fingerprint density at radius 3 is 2.84 bits per heavy atom. The van der Waals surface area contributed by atoms with Crippen molar-refractivity contribution in [3.8, 4) is 17.6 Å². The molecule has 19 heavy (non-hydrogen) atoms. The number of hydrogen-bond donors (Lipinski definition) is 1. The first kappa shape index (κ1) is 13.0. The lowest BCUT2D eigenvalue weighted by Gasteiger charge is -2.07. The van der Waals surface area contributed by atoms with Gasteiger partial charge in [0.1, 0.15) is 11.6 Å². The minimum atomic E-state index is -0.379. The fourth-order valence-corrected chi connectivity index (χ4v) is 1.66. The van der Waals surface area contributed by atoms with Crippen molar-refractivity contribution in [1.82, 2.24) is 5.32 Å². The molecule has 1 N–H and O–H groups in total. The highest BCUT2D eigenvalue weighted by Crippen LogP contribution is 2.33. The fourth-order valence-electron chi connectivity index (χ4n) is 1.66. The third kappa shape index (κ3) is 3.05. The molecule has 0 aromatic heterocycles. The van der Waals surface area contributed by atoms with E-state index >= 15 is 0 Å². The second-order valence-electron chi connectivity index (χ2n) is 4.41. The van der Waals surface area contributed by atoms with Crippen LogP contribution < -0.4 is 14.8 Å². The molecule has 0 saturated heterocycles. The van der Waals surface area contributed by atoms with E-state index in [2.05, 4.69) is 5.32 Å². The Kier molecular flexibility index (Phi) is 3.71. The Balaban J connectivity index is 2.23. The zero-order valence-electron chi connectivity index (χ0n) is 10.8. The van der Waals surface area contributed by atoms with Crippen molar-refractivity contribution in [2.45, 2.75) is 19.9 Å². The zero-order chi connectivity index (χ0) is 13.8. The van der Waals surface area contributed by atoms with E-state index in [1.54, 1.807) is 18.2 Å². The molecule has 1 aromatic rings. The van der Waals surface area contributed by atoms with Gasteiger partial charge in [-0.15, -0.1) is 0 Å². The molecule has 1 aliphatic rings. The van der Waals surface area contributed by atoms with Gasteiger partial charge in [0, 0.05) is 6.04 Å². The van der Waals surface area contributed by atoms with E-state index in [1.807, 2.05) is 19.9 Å². The molecule has 0 aliphatic carbocycles. The number of benzene rings is 1. The summed E-state index contributed by atoms with van der Waals surface area (Å²) < 4.78 is 10.4. The summed E-state index contributed by atoms with van der Waals surface area (Å²) in [6, 6.07) is 7.15. The van der Waals surface area contributed by atoms with Gasteiger partial charge in [-0.05, 0) is 37.6 Å². The van der Waals surface area contributed by atoms with Gasteiger partial charge in [0.05, 0.1) is 0 Å². The van der Waals surface area contributed by atoms with E-state index in [0.29, 0.717) is 11.5 Å². The van der Waals surface area contributed by atoms with E-state index in [-0.39, 0.29) is 24.3 Å².